The van der Waals surface area contributed by atoms with Crippen LogP contribution in [0, 0.1) is 0 Å². The van der Waals surface area contributed by atoms with Gasteiger partial charge in [-0.2, -0.15) is 5.10 Å². The summed E-state index contributed by atoms with van der Waals surface area (Å²) in [4.78, 5) is 0. The van der Waals surface area contributed by atoms with Crippen molar-refractivity contribution in [3.8, 4) is 0 Å². The topological polar surface area (TPSA) is 25.8 Å². The Bertz CT molecular complexity index is 334. The molecule has 0 saturated carbocycles. The van der Waals surface area contributed by atoms with Crippen molar-refractivity contribution in [2.75, 3.05) is 0 Å². The van der Waals surface area contributed by atoms with Crippen LogP contribution in [0.4, 0.5) is 8.78 Å². The highest BCUT2D eigenvalue weighted by molar-refractivity contribution is 6.30. The summed E-state index contributed by atoms with van der Waals surface area (Å²) in [7, 11) is 0. The van der Waals surface area contributed by atoms with Crippen LogP contribution >= 0.6 is 11.6 Å². The zero-order valence-corrected chi connectivity index (χ0v) is 8.94. The fraction of sp³-hybridized carbons (Fsp3) is 0.556. The van der Waals surface area contributed by atoms with Crippen LogP contribution < -0.4 is 0 Å². The first-order chi connectivity index (χ1) is 6.32. The third-order valence-electron chi connectivity index (χ3n) is 1.83. The zero-order valence-electron chi connectivity index (χ0n) is 8.18. The van der Waals surface area contributed by atoms with Gasteiger partial charge in [-0.1, -0.05) is 25.4 Å². The van der Waals surface area contributed by atoms with Crippen molar-refractivity contribution < 1.29 is 8.78 Å². The van der Waals surface area contributed by atoms with Crippen LogP contribution in [0.3, 0.4) is 0 Å². The standard InChI is InChI=1S/C9H11ClF2N2/c1-5(2)7-4-6(9(3,11)12)8(10)14-13-7/h4-5H,1-3H3. The van der Waals surface area contributed by atoms with Crippen LogP contribution in [-0.2, 0) is 5.92 Å². The highest BCUT2D eigenvalue weighted by Gasteiger charge is 2.29. The average molecular weight is 221 g/mol. The summed E-state index contributed by atoms with van der Waals surface area (Å²) in [6.45, 7) is 4.50. The molecule has 0 aliphatic carbocycles. The van der Waals surface area contributed by atoms with E-state index in [9.17, 15) is 8.78 Å². The predicted molar refractivity (Wildman–Crippen MR) is 50.7 cm³/mol. The van der Waals surface area contributed by atoms with Crippen LogP contribution in [0.5, 0.6) is 0 Å². The van der Waals surface area contributed by atoms with E-state index in [0.29, 0.717) is 5.69 Å². The van der Waals surface area contributed by atoms with Gasteiger partial charge < -0.3 is 0 Å². The highest BCUT2D eigenvalue weighted by Crippen LogP contribution is 2.32. The van der Waals surface area contributed by atoms with Gasteiger partial charge in [0.25, 0.3) is 5.92 Å². The molecule has 0 amide bonds. The number of rotatable bonds is 2. The van der Waals surface area contributed by atoms with Crippen molar-refractivity contribution in [3.05, 3.63) is 22.5 Å². The summed E-state index contributed by atoms with van der Waals surface area (Å²) in [5.41, 5.74) is 0.254. The van der Waals surface area contributed by atoms with Crippen molar-refractivity contribution in [3.63, 3.8) is 0 Å². The van der Waals surface area contributed by atoms with Gasteiger partial charge in [0.2, 0.25) is 0 Å². The molecule has 0 bridgehead atoms. The van der Waals surface area contributed by atoms with Crippen molar-refractivity contribution >= 4 is 11.6 Å². The molecule has 0 atom stereocenters. The maximum Gasteiger partial charge on any atom is 0.273 e. The van der Waals surface area contributed by atoms with Gasteiger partial charge in [0, 0.05) is 6.92 Å². The Morgan fingerprint density at radius 1 is 1.36 bits per heavy atom. The van der Waals surface area contributed by atoms with E-state index in [4.69, 9.17) is 11.6 Å². The largest absolute Gasteiger partial charge is 0.273 e. The summed E-state index contributed by atoms with van der Waals surface area (Å²) in [5.74, 6) is -2.92. The lowest BCUT2D eigenvalue weighted by molar-refractivity contribution is 0.0169. The molecule has 0 radical (unpaired) electrons. The Hall–Kier alpha value is -0.770. The molecule has 78 valence electrons. The second-order valence-electron chi connectivity index (χ2n) is 3.52. The first-order valence-corrected chi connectivity index (χ1v) is 4.61. The van der Waals surface area contributed by atoms with E-state index in [0.717, 1.165) is 6.92 Å². The van der Waals surface area contributed by atoms with Gasteiger partial charge >= 0.3 is 0 Å². The second-order valence-corrected chi connectivity index (χ2v) is 3.87. The maximum absolute atomic E-state index is 13.0. The Labute approximate surface area is 86.3 Å². The minimum absolute atomic E-state index is 0.0564. The van der Waals surface area contributed by atoms with Gasteiger partial charge in [-0.15, -0.1) is 5.10 Å². The van der Waals surface area contributed by atoms with Gasteiger partial charge in [0.15, 0.2) is 5.15 Å². The molecule has 0 saturated heterocycles. The molecule has 1 aromatic heterocycles. The van der Waals surface area contributed by atoms with E-state index in [1.165, 1.54) is 6.07 Å². The molecule has 1 rings (SSSR count). The number of alkyl halides is 2. The maximum atomic E-state index is 13.0. The van der Waals surface area contributed by atoms with E-state index in [2.05, 4.69) is 10.2 Å². The van der Waals surface area contributed by atoms with E-state index in [1.807, 2.05) is 13.8 Å². The molecule has 14 heavy (non-hydrogen) atoms. The Morgan fingerprint density at radius 3 is 2.36 bits per heavy atom. The van der Waals surface area contributed by atoms with Gasteiger partial charge in [0.1, 0.15) is 0 Å². The van der Waals surface area contributed by atoms with E-state index in [1.54, 1.807) is 0 Å². The molecule has 0 N–H and O–H groups in total. The van der Waals surface area contributed by atoms with Gasteiger partial charge in [-0.3, -0.25) is 0 Å². The minimum atomic E-state index is -2.98. The van der Waals surface area contributed by atoms with Crippen LogP contribution in [0.15, 0.2) is 6.07 Å². The summed E-state index contributed by atoms with van der Waals surface area (Å²) >= 11 is 5.53. The molecule has 1 heterocycles. The molecule has 2 nitrogen and oxygen atoms in total. The molecule has 1 aromatic rings. The number of hydrogen-bond donors (Lipinski definition) is 0. The molecule has 0 aliphatic heterocycles. The number of hydrogen-bond acceptors (Lipinski definition) is 2. The molecule has 0 spiro atoms. The normalized spacial score (nSPS) is 12.2. The van der Waals surface area contributed by atoms with Crippen molar-refractivity contribution in [2.24, 2.45) is 0 Å². The molecular formula is C9H11ClF2N2. The van der Waals surface area contributed by atoms with E-state index >= 15 is 0 Å². The third kappa shape index (κ3) is 2.38. The summed E-state index contributed by atoms with van der Waals surface area (Å²) in [6.07, 6.45) is 0. The van der Waals surface area contributed by atoms with E-state index in [-0.39, 0.29) is 16.6 Å². The van der Waals surface area contributed by atoms with Gasteiger partial charge in [0.05, 0.1) is 11.3 Å². The lowest BCUT2D eigenvalue weighted by Gasteiger charge is -2.13. The number of nitrogens with zero attached hydrogens (tertiary/aromatic N) is 2. The SMILES string of the molecule is CC(C)c1cc(C(C)(F)F)c(Cl)nn1. The first-order valence-electron chi connectivity index (χ1n) is 4.23. The number of aromatic nitrogens is 2. The zero-order chi connectivity index (χ0) is 10.9. The smallest absolute Gasteiger partial charge is 0.202 e. The summed E-state index contributed by atoms with van der Waals surface area (Å²) in [5, 5.41) is 7.00. The third-order valence-corrected chi connectivity index (χ3v) is 2.11. The lowest BCUT2D eigenvalue weighted by Crippen LogP contribution is -2.11. The Morgan fingerprint density at radius 2 is 1.93 bits per heavy atom. The van der Waals surface area contributed by atoms with Gasteiger partial charge in [-0.05, 0) is 12.0 Å². The van der Waals surface area contributed by atoms with Crippen molar-refractivity contribution in [1.82, 2.24) is 10.2 Å². The molecule has 0 unspecified atom stereocenters. The van der Waals surface area contributed by atoms with Crippen LogP contribution in [-0.4, -0.2) is 10.2 Å². The quantitative estimate of drug-likeness (QED) is 0.764. The Balaban J connectivity index is 3.22. The first kappa shape index (κ1) is 11.3. The molecule has 0 aliphatic rings. The number of halogens is 3. The monoisotopic (exact) mass is 220 g/mol. The molecule has 5 heteroatoms. The molecule has 0 aromatic carbocycles. The lowest BCUT2D eigenvalue weighted by atomic mass is 10.1. The fourth-order valence-corrected chi connectivity index (χ4v) is 1.24. The van der Waals surface area contributed by atoms with Crippen LogP contribution in [0.25, 0.3) is 0 Å². The van der Waals surface area contributed by atoms with Crippen LogP contribution in [0.2, 0.25) is 5.15 Å². The predicted octanol–water partition coefficient (Wildman–Crippen LogP) is 3.37. The van der Waals surface area contributed by atoms with Crippen molar-refractivity contribution in [1.29, 1.82) is 0 Å². The molecule has 0 fully saturated rings. The van der Waals surface area contributed by atoms with E-state index < -0.39 is 5.92 Å². The van der Waals surface area contributed by atoms with Crippen LogP contribution in [0.1, 0.15) is 37.9 Å². The minimum Gasteiger partial charge on any atom is -0.202 e. The van der Waals surface area contributed by atoms with Gasteiger partial charge in [-0.25, -0.2) is 8.78 Å². The highest BCUT2D eigenvalue weighted by atomic mass is 35.5. The molecular weight excluding hydrogens is 210 g/mol. The summed E-state index contributed by atoms with van der Waals surface area (Å²) < 4.78 is 26.0. The fourth-order valence-electron chi connectivity index (χ4n) is 0.982. The average Bonchev–Trinajstić information content (AvgIpc) is 2.02. The Kier molecular flexibility index (Phi) is 3.04. The summed E-state index contributed by atoms with van der Waals surface area (Å²) in [6, 6.07) is 1.31. The second kappa shape index (κ2) is 3.77. The van der Waals surface area contributed by atoms with Crippen molar-refractivity contribution in [2.45, 2.75) is 32.6 Å².